The van der Waals surface area contributed by atoms with Gasteiger partial charge >= 0.3 is 0 Å². The Labute approximate surface area is 152 Å². The standard InChI is InChI=1S/C22H19NO3/c1-26-17-7-4-6-14(11-17)15-9-10-18-19(22(25)23-20(18)13-15)12-16-5-2-3-8-21(16)24/h2-11,13,19,24H,12H2,1H3,(H,23,25). The number of methoxy groups -OCH3 is 1. The molecule has 0 aromatic heterocycles. The van der Waals surface area contributed by atoms with Gasteiger partial charge in [-0.2, -0.15) is 0 Å². The van der Waals surface area contributed by atoms with E-state index >= 15 is 0 Å². The van der Waals surface area contributed by atoms with Crippen LogP contribution in [0.15, 0.2) is 66.7 Å². The molecule has 0 saturated heterocycles. The van der Waals surface area contributed by atoms with Gasteiger partial charge in [0.1, 0.15) is 11.5 Å². The van der Waals surface area contributed by atoms with Crippen LogP contribution in [0.2, 0.25) is 0 Å². The van der Waals surface area contributed by atoms with Gasteiger partial charge in [0.15, 0.2) is 0 Å². The van der Waals surface area contributed by atoms with Gasteiger partial charge in [0, 0.05) is 5.69 Å². The highest BCUT2D eigenvalue weighted by atomic mass is 16.5. The fourth-order valence-electron chi connectivity index (χ4n) is 3.42. The highest BCUT2D eigenvalue weighted by Crippen LogP contribution is 2.38. The van der Waals surface area contributed by atoms with Crippen molar-refractivity contribution < 1.29 is 14.6 Å². The Kier molecular flexibility index (Phi) is 4.09. The molecule has 1 atom stereocenters. The highest BCUT2D eigenvalue weighted by Gasteiger charge is 2.31. The second-order valence-electron chi connectivity index (χ2n) is 6.41. The Morgan fingerprint density at radius 1 is 1.00 bits per heavy atom. The molecule has 26 heavy (non-hydrogen) atoms. The van der Waals surface area contributed by atoms with E-state index in [4.69, 9.17) is 4.74 Å². The van der Waals surface area contributed by atoms with Crippen LogP contribution in [0.4, 0.5) is 5.69 Å². The third kappa shape index (κ3) is 2.90. The third-order valence-electron chi connectivity index (χ3n) is 4.82. The van der Waals surface area contributed by atoms with Crippen LogP contribution < -0.4 is 10.1 Å². The van der Waals surface area contributed by atoms with Gasteiger partial charge in [-0.15, -0.1) is 0 Å². The number of rotatable bonds is 4. The first-order valence-electron chi connectivity index (χ1n) is 8.52. The maximum absolute atomic E-state index is 12.5. The van der Waals surface area contributed by atoms with Crippen molar-refractivity contribution in [3.8, 4) is 22.6 Å². The van der Waals surface area contributed by atoms with E-state index in [-0.39, 0.29) is 17.6 Å². The summed E-state index contributed by atoms with van der Waals surface area (Å²) in [6, 6.07) is 21.0. The molecular formula is C22H19NO3. The molecule has 4 nitrogen and oxygen atoms in total. The smallest absolute Gasteiger partial charge is 0.232 e. The Balaban J connectivity index is 1.66. The van der Waals surface area contributed by atoms with Crippen LogP contribution in [0.25, 0.3) is 11.1 Å². The van der Waals surface area contributed by atoms with Crippen molar-refractivity contribution in [3.63, 3.8) is 0 Å². The first-order chi connectivity index (χ1) is 12.7. The topological polar surface area (TPSA) is 58.6 Å². The number of aromatic hydroxyl groups is 1. The van der Waals surface area contributed by atoms with Crippen molar-refractivity contribution >= 4 is 11.6 Å². The molecule has 130 valence electrons. The van der Waals surface area contributed by atoms with Gasteiger partial charge < -0.3 is 15.2 Å². The molecule has 2 N–H and O–H groups in total. The first kappa shape index (κ1) is 16.2. The van der Waals surface area contributed by atoms with Crippen molar-refractivity contribution in [1.29, 1.82) is 0 Å². The van der Waals surface area contributed by atoms with Crippen molar-refractivity contribution in [1.82, 2.24) is 0 Å². The van der Waals surface area contributed by atoms with Crippen LogP contribution in [0, 0.1) is 0 Å². The Hall–Kier alpha value is -3.27. The van der Waals surface area contributed by atoms with Gasteiger partial charge in [-0.25, -0.2) is 0 Å². The molecule has 1 heterocycles. The van der Waals surface area contributed by atoms with E-state index in [1.165, 1.54) is 0 Å². The first-order valence-corrected chi connectivity index (χ1v) is 8.52. The molecule has 0 radical (unpaired) electrons. The normalized spacial score (nSPS) is 15.4. The number of hydrogen-bond donors (Lipinski definition) is 2. The van der Waals surface area contributed by atoms with Crippen molar-refractivity contribution in [2.45, 2.75) is 12.3 Å². The van der Waals surface area contributed by atoms with Crippen LogP contribution >= 0.6 is 0 Å². The molecule has 3 aromatic rings. The van der Waals surface area contributed by atoms with Crippen molar-refractivity contribution in [2.75, 3.05) is 12.4 Å². The van der Waals surface area contributed by atoms with E-state index in [0.717, 1.165) is 33.7 Å². The summed E-state index contributed by atoms with van der Waals surface area (Å²) in [5.74, 6) is 0.690. The van der Waals surface area contributed by atoms with Crippen LogP contribution in [0.3, 0.4) is 0 Å². The van der Waals surface area contributed by atoms with Crippen LogP contribution in [0.1, 0.15) is 17.0 Å². The van der Waals surface area contributed by atoms with E-state index in [1.54, 1.807) is 19.2 Å². The molecule has 4 heteroatoms. The number of hydrogen-bond acceptors (Lipinski definition) is 3. The SMILES string of the molecule is COc1cccc(-c2ccc3c(c2)NC(=O)C3Cc2ccccc2O)c1. The zero-order valence-corrected chi connectivity index (χ0v) is 14.4. The highest BCUT2D eigenvalue weighted by molar-refractivity contribution is 6.03. The maximum Gasteiger partial charge on any atom is 0.232 e. The zero-order valence-electron chi connectivity index (χ0n) is 14.4. The fourth-order valence-corrected chi connectivity index (χ4v) is 3.42. The summed E-state index contributed by atoms with van der Waals surface area (Å²) in [4.78, 5) is 12.5. The minimum atomic E-state index is -0.294. The average molecular weight is 345 g/mol. The molecule has 0 spiro atoms. The quantitative estimate of drug-likeness (QED) is 0.739. The van der Waals surface area contributed by atoms with Gasteiger partial charge in [-0.05, 0) is 52.9 Å². The van der Waals surface area contributed by atoms with E-state index < -0.39 is 0 Å². The molecule has 3 aromatic carbocycles. The third-order valence-corrected chi connectivity index (χ3v) is 4.82. The van der Waals surface area contributed by atoms with Crippen LogP contribution in [-0.4, -0.2) is 18.1 Å². The summed E-state index contributed by atoms with van der Waals surface area (Å²) in [6.07, 6.45) is 0.476. The van der Waals surface area contributed by atoms with E-state index in [0.29, 0.717) is 6.42 Å². The molecule has 0 bridgehead atoms. The van der Waals surface area contributed by atoms with Gasteiger partial charge in [0.25, 0.3) is 0 Å². The van der Waals surface area contributed by atoms with Crippen molar-refractivity contribution in [3.05, 3.63) is 77.9 Å². The molecule has 1 unspecified atom stereocenters. The summed E-state index contributed by atoms with van der Waals surface area (Å²) in [5.41, 5.74) is 4.62. The van der Waals surface area contributed by atoms with Gasteiger partial charge in [0.2, 0.25) is 5.91 Å². The number of carbonyl (C=O) groups is 1. The van der Waals surface area contributed by atoms with Crippen LogP contribution in [-0.2, 0) is 11.2 Å². The summed E-state index contributed by atoms with van der Waals surface area (Å²) >= 11 is 0. The predicted molar refractivity (Wildman–Crippen MR) is 102 cm³/mol. The van der Waals surface area contributed by atoms with E-state index in [9.17, 15) is 9.90 Å². The van der Waals surface area contributed by atoms with Gasteiger partial charge in [-0.1, -0.05) is 42.5 Å². The monoisotopic (exact) mass is 345 g/mol. The molecular weight excluding hydrogens is 326 g/mol. The maximum atomic E-state index is 12.5. The number of fused-ring (bicyclic) bond motifs is 1. The lowest BCUT2D eigenvalue weighted by Crippen LogP contribution is -2.14. The molecule has 1 aliphatic rings. The second-order valence-corrected chi connectivity index (χ2v) is 6.41. The number of nitrogens with one attached hydrogen (secondary N) is 1. The average Bonchev–Trinajstić information content (AvgIpc) is 2.98. The lowest BCUT2D eigenvalue weighted by atomic mass is 9.91. The van der Waals surface area contributed by atoms with Crippen LogP contribution in [0.5, 0.6) is 11.5 Å². The summed E-state index contributed by atoms with van der Waals surface area (Å²) in [5, 5.41) is 13.0. The zero-order chi connectivity index (χ0) is 18.1. The number of benzene rings is 3. The molecule has 0 fully saturated rings. The fraction of sp³-hybridized carbons (Fsp3) is 0.136. The minimum absolute atomic E-state index is 0.0361. The van der Waals surface area contributed by atoms with E-state index in [1.807, 2.05) is 54.6 Å². The lowest BCUT2D eigenvalue weighted by molar-refractivity contribution is -0.117. The Bertz CT molecular complexity index is 981. The summed E-state index contributed by atoms with van der Waals surface area (Å²) in [7, 11) is 1.64. The number of anilines is 1. The number of phenolic OH excluding ortho intramolecular Hbond substituents is 1. The minimum Gasteiger partial charge on any atom is -0.508 e. The lowest BCUT2D eigenvalue weighted by Gasteiger charge is -2.11. The molecule has 1 aliphatic heterocycles. The number of para-hydroxylation sites is 1. The number of amides is 1. The number of carbonyl (C=O) groups excluding carboxylic acids is 1. The van der Waals surface area contributed by atoms with E-state index in [2.05, 4.69) is 5.32 Å². The van der Waals surface area contributed by atoms with Gasteiger partial charge in [0.05, 0.1) is 13.0 Å². The number of phenols is 1. The Morgan fingerprint density at radius 3 is 2.62 bits per heavy atom. The van der Waals surface area contributed by atoms with Gasteiger partial charge in [-0.3, -0.25) is 4.79 Å². The van der Waals surface area contributed by atoms with Crippen molar-refractivity contribution in [2.24, 2.45) is 0 Å². The molecule has 1 amide bonds. The predicted octanol–water partition coefficient (Wildman–Crippen LogP) is 4.35. The summed E-state index contributed by atoms with van der Waals surface area (Å²) in [6.45, 7) is 0. The molecule has 4 rings (SSSR count). The second kappa shape index (κ2) is 6.56. The number of ether oxygens (including phenoxy) is 1. The molecule has 0 aliphatic carbocycles. The Morgan fingerprint density at radius 2 is 1.81 bits per heavy atom. The largest absolute Gasteiger partial charge is 0.508 e. The summed E-state index contributed by atoms with van der Waals surface area (Å²) < 4.78 is 5.29. The molecule has 0 saturated carbocycles.